The number of rotatable bonds is 24. The van der Waals surface area contributed by atoms with Crippen molar-refractivity contribution in [3.63, 3.8) is 0 Å². The molecule has 12 rings (SSSR count). The molecule has 6 aliphatic rings. The first-order valence-electron chi connectivity index (χ1n) is 36.5. The van der Waals surface area contributed by atoms with Crippen molar-refractivity contribution in [1.29, 1.82) is 15.8 Å². The van der Waals surface area contributed by atoms with E-state index in [9.17, 15) is 58.9 Å². The van der Waals surface area contributed by atoms with Crippen LogP contribution in [0.25, 0.3) is 0 Å². The number of anilines is 6. The van der Waals surface area contributed by atoms with Gasteiger partial charge in [0.15, 0.2) is 18.9 Å². The van der Waals surface area contributed by atoms with Crippen molar-refractivity contribution in [2.45, 2.75) is 137 Å². The fourth-order valence-corrected chi connectivity index (χ4v) is 14.1. The molecule has 0 radical (unpaired) electrons. The van der Waals surface area contributed by atoms with Crippen molar-refractivity contribution in [2.24, 2.45) is 17.8 Å². The minimum absolute atomic E-state index is 0.00853. The second-order valence-corrected chi connectivity index (χ2v) is 27.6. The van der Waals surface area contributed by atoms with Gasteiger partial charge in [0.25, 0.3) is 0 Å². The summed E-state index contributed by atoms with van der Waals surface area (Å²) in [5.41, 5.74) is 9.14. The maximum Gasteiger partial charge on any atom is 0.328 e. The fourth-order valence-electron chi connectivity index (χ4n) is 14.1. The summed E-state index contributed by atoms with van der Waals surface area (Å²) in [6.07, 6.45) is 17.3. The predicted molar refractivity (Wildman–Crippen MR) is 398 cm³/mol. The molecule has 564 valence electrons. The number of aldehydes is 3. The number of hydrogen-bond donors (Lipinski definition) is 3. The van der Waals surface area contributed by atoms with E-state index >= 15 is 0 Å². The van der Waals surface area contributed by atoms with Crippen LogP contribution in [0.1, 0.15) is 177 Å². The summed E-state index contributed by atoms with van der Waals surface area (Å²) < 4.78 is 15.3. The van der Waals surface area contributed by atoms with Crippen molar-refractivity contribution >= 4 is 89.6 Å². The molecule has 108 heavy (non-hydrogen) atoms. The normalized spacial score (nSPS) is 17.0. The summed E-state index contributed by atoms with van der Waals surface area (Å²) in [7, 11) is 4.87. The van der Waals surface area contributed by atoms with Crippen LogP contribution in [0, 0.1) is 51.7 Å². The Labute approximate surface area is 627 Å². The maximum absolute atomic E-state index is 13.2. The Morgan fingerprint density at radius 1 is 0.444 bits per heavy atom. The first-order chi connectivity index (χ1) is 52.3. The lowest BCUT2D eigenvalue weighted by Crippen LogP contribution is -2.40. The molecule has 9 amide bonds. The maximum atomic E-state index is 13.2. The number of nitrogens with one attached hydrogen (secondary N) is 3. The van der Waals surface area contributed by atoms with Gasteiger partial charge < -0.3 is 28.9 Å². The predicted octanol–water partition coefficient (Wildman–Crippen LogP) is 9.28. The Morgan fingerprint density at radius 2 is 0.722 bits per heavy atom. The Kier molecular flexibility index (Phi) is 27.6. The molecule has 30 nitrogen and oxygen atoms in total. The van der Waals surface area contributed by atoms with Crippen LogP contribution in [0.2, 0.25) is 0 Å². The number of nitriles is 3. The van der Waals surface area contributed by atoms with Crippen molar-refractivity contribution in [1.82, 2.24) is 44.6 Å². The van der Waals surface area contributed by atoms with Gasteiger partial charge in [-0.1, -0.05) is 20.8 Å². The average Bonchev–Trinajstić information content (AvgIpc) is 1.08. The Hall–Kier alpha value is -11.5. The van der Waals surface area contributed by atoms with Crippen molar-refractivity contribution in [3.05, 3.63) is 139 Å². The lowest BCUT2D eigenvalue weighted by Gasteiger charge is -2.29. The quantitative estimate of drug-likeness (QED) is 0.0375. The molecule has 0 aromatic carbocycles. The molecule has 30 heteroatoms. The Balaban J connectivity index is 0.000000173. The van der Waals surface area contributed by atoms with E-state index in [0.29, 0.717) is 185 Å². The molecule has 0 saturated carbocycles. The standard InChI is InChI=1S/3C26H30N6O4/c3*1-17-7-9-31(25(17)34)15-20-11-19-5-3-8-32(24(19)29-22(20)16-33)26(35)30-23-12-18(6-4-10-36-2)21(13-27)14-28-23/h3*11-12,14,16-17H,3-10,15H2,1-2H3,(H,28,30,35)/t2*17-;/m10./s1. The highest BCUT2D eigenvalue weighted by Crippen LogP contribution is 2.34. The van der Waals surface area contributed by atoms with E-state index in [0.717, 1.165) is 110 Å². The van der Waals surface area contributed by atoms with E-state index < -0.39 is 18.1 Å². The van der Waals surface area contributed by atoms with Gasteiger partial charge in [0.05, 0.1) is 16.7 Å². The smallest absolute Gasteiger partial charge is 0.328 e. The third kappa shape index (κ3) is 19.2. The number of nitrogens with zero attached hydrogens (tertiary/aromatic N) is 15. The van der Waals surface area contributed by atoms with Gasteiger partial charge in [-0.05, 0) is 166 Å². The highest BCUT2D eigenvalue weighted by atomic mass is 16.5. The van der Waals surface area contributed by atoms with E-state index in [1.165, 1.54) is 33.3 Å². The number of hydrogen-bond acceptors (Lipinski definition) is 21. The van der Waals surface area contributed by atoms with Gasteiger partial charge in [0, 0.05) is 153 Å². The molecule has 6 aromatic heterocycles. The number of carbonyl (C=O) groups excluding carboxylic acids is 9. The summed E-state index contributed by atoms with van der Waals surface area (Å²) in [6.45, 7) is 11.8. The number of carbonyl (C=O) groups is 9. The van der Waals surface area contributed by atoms with Crippen LogP contribution in [-0.4, -0.2) is 180 Å². The highest BCUT2D eigenvalue weighted by Gasteiger charge is 2.35. The van der Waals surface area contributed by atoms with Crippen LogP contribution in [0.3, 0.4) is 0 Å². The molecule has 12 heterocycles. The van der Waals surface area contributed by atoms with Crippen LogP contribution in [0.5, 0.6) is 0 Å². The fraction of sp³-hybridized carbons (Fsp3) is 0.462. The zero-order valence-corrected chi connectivity index (χ0v) is 61.9. The van der Waals surface area contributed by atoms with E-state index in [2.05, 4.69) is 64.1 Å². The van der Waals surface area contributed by atoms with Crippen molar-refractivity contribution in [3.8, 4) is 18.2 Å². The molecular formula is C78H90N18O12. The molecule has 0 bridgehead atoms. The van der Waals surface area contributed by atoms with E-state index in [1.807, 2.05) is 39.0 Å². The lowest BCUT2D eigenvalue weighted by molar-refractivity contribution is -0.131. The number of pyridine rings is 6. The number of aryl methyl sites for hydroxylation is 6. The molecule has 3 atom stereocenters. The number of ether oxygens (including phenoxy) is 3. The molecule has 3 N–H and O–H groups in total. The summed E-state index contributed by atoms with van der Waals surface area (Å²) in [5, 5.41) is 36.6. The molecule has 6 aromatic rings. The third-order valence-electron chi connectivity index (χ3n) is 20.1. The van der Waals surface area contributed by atoms with Gasteiger partial charge in [0.1, 0.15) is 70.2 Å². The van der Waals surface area contributed by atoms with Gasteiger partial charge in [-0.3, -0.25) is 59.4 Å². The number of amides is 9. The number of aromatic nitrogens is 6. The highest BCUT2D eigenvalue weighted by molar-refractivity contribution is 6.03. The average molecular weight is 1470 g/mol. The van der Waals surface area contributed by atoms with Crippen molar-refractivity contribution in [2.75, 3.05) is 111 Å². The zero-order valence-electron chi connectivity index (χ0n) is 61.9. The van der Waals surface area contributed by atoms with Crippen molar-refractivity contribution < 1.29 is 57.4 Å². The number of likely N-dealkylation sites (tertiary alicyclic amines) is 3. The minimum atomic E-state index is -0.406. The van der Waals surface area contributed by atoms with Gasteiger partial charge >= 0.3 is 18.1 Å². The molecule has 0 aliphatic carbocycles. The molecule has 1 unspecified atom stereocenters. The second-order valence-electron chi connectivity index (χ2n) is 27.6. The van der Waals surface area contributed by atoms with E-state index in [1.54, 1.807) is 54.2 Å². The topological polar surface area (TPSA) is 386 Å². The van der Waals surface area contributed by atoms with Gasteiger partial charge in [-0.2, -0.15) is 15.8 Å². The molecule has 0 spiro atoms. The van der Waals surface area contributed by atoms with Crippen LogP contribution in [0.15, 0.2) is 55.0 Å². The molecule has 6 aliphatic heterocycles. The molecular weight excluding hydrogens is 1380 g/mol. The van der Waals surface area contributed by atoms with Crippen LogP contribution >= 0.6 is 0 Å². The monoisotopic (exact) mass is 1470 g/mol. The number of methoxy groups -OCH3 is 3. The summed E-state index contributed by atoms with van der Waals surface area (Å²) in [6, 6.07) is 16.0. The first kappa shape index (κ1) is 79.1. The van der Waals surface area contributed by atoms with Gasteiger partial charge in [-0.25, -0.2) is 44.3 Å². The van der Waals surface area contributed by atoms with Crippen LogP contribution in [0.4, 0.5) is 49.3 Å². The minimum Gasteiger partial charge on any atom is -0.385 e. The molecule has 3 saturated heterocycles. The second kappa shape index (κ2) is 37.6. The summed E-state index contributed by atoms with van der Waals surface area (Å²) in [4.78, 5) is 148. The number of fused-ring (bicyclic) bond motifs is 3. The zero-order chi connectivity index (χ0) is 77.0. The Morgan fingerprint density at radius 3 is 0.954 bits per heavy atom. The SMILES string of the molecule is COCCCc1cc(NC(=O)N2CCCc3cc(CN4CCC(C)C4=O)c(C=O)nc32)ncc1C#N.COCCCc1cc(NC(=O)N2CCCc3cc(CN4CC[C@@H](C)C4=O)c(C=O)nc32)ncc1C#N.COCCCc1cc(NC(=O)N2CCCc3cc(CN4CC[C@H](C)C4=O)c(C=O)nc32)ncc1C#N. The Bertz CT molecular complexity index is 4070. The lowest BCUT2D eigenvalue weighted by atomic mass is 10.0. The third-order valence-corrected chi connectivity index (χ3v) is 20.1. The van der Waals surface area contributed by atoms with Gasteiger partial charge in [-0.15, -0.1) is 0 Å². The number of urea groups is 3. The van der Waals surface area contributed by atoms with E-state index in [4.69, 9.17) is 14.2 Å². The van der Waals surface area contributed by atoms with Crippen LogP contribution in [-0.2, 0) is 86.8 Å². The first-order valence-corrected chi connectivity index (χ1v) is 36.5. The van der Waals surface area contributed by atoms with Gasteiger partial charge in [0.2, 0.25) is 17.7 Å². The van der Waals surface area contributed by atoms with Crippen LogP contribution < -0.4 is 30.7 Å². The summed E-state index contributed by atoms with van der Waals surface area (Å²) >= 11 is 0. The summed E-state index contributed by atoms with van der Waals surface area (Å²) in [5.74, 6) is 2.58. The molecule has 3 fully saturated rings. The largest absolute Gasteiger partial charge is 0.385 e. The van der Waals surface area contributed by atoms with E-state index in [-0.39, 0.29) is 52.6 Å².